The Balaban J connectivity index is 2.03. The molecule has 0 saturated heterocycles. The smallest absolute Gasteiger partial charge is 0.209 e. The highest BCUT2D eigenvalue weighted by molar-refractivity contribution is 6.68. The third-order valence-electron chi connectivity index (χ3n) is 3.20. The molecule has 0 aliphatic rings. The van der Waals surface area contributed by atoms with Crippen molar-refractivity contribution >= 4 is 34.8 Å². The van der Waals surface area contributed by atoms with Gasteiger partial charge in [0, 0.05) is 0 Å². The Morgan fingerprint density at radius 1 is 1.00 bits per heavy atom. The van der Waals surface area contributed by atoms with Crippen LogP contribution in [-0.2, 0) is 6.61 Å². The molecule has 0 fully saturated rings. The molecule has 2 aromatic carbocycles. The maximum atomic E-state index is 6.03. The average molecular weight is 359 g/mol. The van der Waals surface area contributed by atoms with Crippen LogP contribution in [0, 0.1) is 0 Å². The minimum atomic E-state index is -1.40. The zero-order valence-corrected chi connectivity index (χ0v) is 14.5. The van der Waals surface area contributed by atoms with Crippen molar-refractivity contribution < 1.29 is 4.74 Å². The summed E-state index contributed by atoms with van der Waals surface area (Å²) in [6, 6.07) is 17.3. The van der Waals surface area contributed by atoms with E-state index < -0.39 is 3.79 Å². The molecule has 1 atom stereocenters. The standard InChI is InChI=1S/C17H18Cl3NO/c1-2-21-16(17(18,19)20)14-8-10-15(11-9-14)22-12-13-6-4-3-5-7-13/h3-11,16,21H,2,12H2,1H3. The quantitative estimate of drug-likeness (QED) is 0.709. The summed E-state index contributed by atoms with van der Waals surface area (Å²) in [5, 5.41) is 3.18. The van der Waals surface area contributed by atoms with Crippen molar-refractivity contribution in [3.63, 3.8) is 0 Å². The van der Waals surface area contributed by atoms with Gasteiger partial charge in [-0.15, -0.1) is 0 Å². The highest BCUT2D eigenvalue weighted by atomic mass is 35.6. The molecule has 0 aliphatic carbocycles. The fraction of sp³-hybridized carbons (Fsp3) is 0.294. The van der Waals surface area contributed by atoms with Gasteiger partial charge in [0.2, 0.25) is 3.79 Å². The molecular formula is C17H18Cl3NO. The molecule has 0 aromatic heterocycles. The highest BCUT2D eigenvalue weighted by Gasteiger charge is 2.33. The molecule has 2 nitrogen and oxygen atoms in total. The topological polar surface area (TPSA) is 21.3 Å². The fourth-order valence-electron chi connectivity index (χ4n) is 2.12. The third-order valence-corrected chi connectivity index (χ3v) is 3.85. The van der Waals surface area contributed by atoms with Crippen LogP contribution in [-0.4, -0.2) is 10.3 Å². The average Bonchev–Trinajstić information content (AvgIpc) is 2.51. The molecule has 2 rings (SSSR count). The molecule has 1 unspecified atom stereocenters. The molecule has 1 N–H and O–H groups in total. The fourth-order valence-corrected chi connectivity index (χ4v) is 2.73. The molecule has 0 amide bonds. The normalized spacial score (nSPS) is 12.9. The van der Waals surface area contributed by atoms with Crippen LogP contribution in [0.15, 0.2) is 54.6 Å². The van der Waals surface area contributed by atoms with E-state index in [-0.39, 0.29) is 6.04 Å². The number of alkyl halides is 3. The Morgan fingerprint density at radius 2 is 1.64 bits per heavy atom. The Morgan fingerprint density at radius 3 is 2.18 bits per heavy atom. The number of benzene rings is 2. The molecule has 0 bridgehead atoms. The predicted octanol–water partition coefficient (Wildman–Crippen LogP) is 5.29. The second-order valence-electron chi connectivity index (χ2n) is 4.88. The molecule has 0 saturated carbocycles. The molecule has 0 spiro atoms. The first-order valence-corrected chi connectivity index (χ1v) is 8.21. The van der Waals surface area contributed by atoms with Crippen LogP contribution in [0.1, 0.15) is 24.1 Å². The monoisotopic (exact) mass is 357 g/mol. The first-order chi connectivity index (χ1) is 10.5. The van der Waals surface area contributed by atoms with Crippen LogP contribution in [0.3, 0.4) is 0 Å². The van der Waals surface area contributed by atoms with E-state index in [1.807, 2.05) is 61.5 Å². The number of hydrogen-bond acceptors (Lipinski definition) is 2. The van der Waals surface area contributed by atoms with E-state index in [2.05, 4.69) is 5.32 Å². The molecule has 0 radical (unpaired) electrons. The van der Waals surface area contributed by atoms with Crippen LogP contribution in [0.4, 0.5) is 0 Å². The first-order valence-electron chi connectivity index (χ1n) is 7.07. The van der Waals surface area contributed by atoms with Gasteiger partial charge in [-0.05, 0) is 29.8 Å². The summed E-state index contributed by atoms with van der Waals surface area (Å²) in [7, 11) is 0. The second-order valence-corrected chi connectivity index (χ2v) is 7.24. The van der Waals surface area contributed by atoms with E-state index in [9.17, 15) is 0 Å². The number of rotatable bonds is 6. The second kappa shape index (κ2) is 8.07. The van der Waals surface area contributed by atoms with Gasteiger partial charge >= 0.3 is 0 Å². The van der Waals surface area contributed by atoms with Gasteiger partial charge in [-0.1, -0.05) is 84.2 Å². The molecule has 0 heterocycles. The van der Waals surface area contributed by atoms with Crippen LogP contribution < -0.4 is 10.1 Å². The highest BCUT2D eigenvalue weighted by Crippen LogP contribution is 2.40. The van der Waals surface area contributed by atoms with Crippen molar-refractivity contribution in [3.05, 3.63) is 65.7 Å². The van der Waals surface area contributed by atoms with Gasteiger partial charge in [0.25, 0.3) is 0 Å². The van der Waals surface area contributed by atoms with E-state index in [4.69, 9.17) is 39.5 Å². The minimum Gasteiger partial charge on any atom is -0.489 e. The van der Waals surface area contributed by atoms with Crippen molar-refractivity contribution in [2.24, 2.45) is 0 Å². The van der Waals surface area contributed by atoms with E-state index >= 15 is 0 Å². The van der Waals surface area contributed by atoms with Crippen LogP contribution in [0.25, 0.3) is 0 Å². The van der Waals surface area contributed by atoms with Gasteiger partial charge in [0.15, 0.2) is 0 Å². The van der Waals surface area contributed by atoms with Crippen molar-refractivity contribution in [2.45, 2.75) is 23.4 Å². The zero-order valence-electron chi connectivity index (χ0n) is 12.2. The van der Waals surface area contributed by atoms with E-state index in [1.54, 1.807) is 0 Å². The summed E-state index contributed by atoms with van der Waals surface area (Å²) in [6.45, 7) is 3.22. The van der Waals surface area contributed by atoms with E-state index in [1.165, 1.54) is 0 Å². The Kier molecular flexibility index (Phi) is 6.39. The van der Waals surface area contributed by atoms with E-state index in [0.717, 1.165) is 16.9 Å². The Bertz CT molecular complexity index is 567. The molecular weight excluding hydrogens is 341 g/mol. The lowest BCUT2D eigenvalue weighted by molar-refractivity contribution is 0.306. The first kappa shape index (κ1) is 17.4. The van der Waals surface area contributed by atoms with Crippen LogP contribution in [0.2, 0.25) is 0 Å². The third kappa shape index (κ3) is 5.06. The lowest BCUT2D eigenvalue weighted by atomic mass is 10.1. The van der Waals surface area contributed by atoms with Crippen LogP contribution >= 0.6 is 34.8 Å². The Hall–Kier alpha value is -0.930. The molecule has 22 heavy (non-hydrogen) atoms. The summed E-state index contributed by atoms with van der Waals surface area (Å²) in [6.07, 6.45) is 0. The molecule has 2 aromatic rings. The summed E-state index contributed by atoms with van der Waals surface area (Å²) in [4.78, 5) is 0. The van der Waals surface area contributed by atoms with Gasteiger partial charge in [-0.2, -0.15) is 0 Å². The van der Waals surface area contributed by atoms with Crippen molar-refractivity contribution in [1.82, 2.24) is 5.32 Å². The summed E-state index contributed by atoms with van der Waals surface area (Å²) in [5.74, 6) is 0.784. The van der Waals surface area contributed by atoms with Crippen molar-refractivity contribution in [1.29, 1.82) is 0 Å². The lowest BCUT2D eigenvalue weighted by Crippen LogP contribution is -2.31. The zero-order chi connectivity index (χ0) is 16.0. The van der Waals surface area contributed by atoms with Gasteiger partial charge in [-0.25, -0.2) is 0 Å². The number of ether oxygens (including phenoxy) is 1. The van der Waals surface area contributed by atoms with Crippen molar-refractivity contribution in [3.8, 4) is 5.75 Å². The Labute approximate surface area is 146 Å². The van der Waals surface area contributed by atoms with Crippen molar-refractivity contribution in [2.75, 3.05) is 6.54 Å². The number of halogens is 3. The van der Waals surface area contributed by atoms with Gasteiger partial charge in [0.05, 0.1) is 6.04 Å². The van der Waals surface area contributed by atoms with Gasteiger partial charge in [0.1, 0.15) is 12.4 Å². The summed E-state index contributed by atoms with van der Waals surface area (Å²) >= 11 is 18.1. The molecule has 0 aliphatic heterocycles. The summed E-state index contributed by atoms with van der Waals surface area (Å²) in [5.41, 5.74) is 2.03. The SMILES string of the molecule is CCNC(c1ccc(OCc2ccccc2)cc1)C(Cl)(Cl)Cl. The van der Waals surface area contributed by atoms with Gasteiger partial charge in [-0.3, -0.25) is 0 Å². The summed E-state index contributed by atoms with van der Waals surface area (Å²) < 4.78 is 4.35. The largest absolute Gasteiger partial charge is 0.489 e. The minimum absolute atomic E-state index is 0.356. The van der Waals surface area contributed by atoms with E-state index in [0.29, 0.717) is 13.2 Å². The predicted molar refractivity (Wildman–Crippen MR) is 93.9 cm³/mol. The maximum Gasteiger partial charge on any atom is 0.209 e. The molecule has 118 valence electrons. The molecule has 5 heteroatoms. The van der Waals surface area contributed by atoms with Gasteiger partial charge < -0.3 is 10.1 Å². The maximum absolute atomic E-state index is 6.03. The van der Waals surface area contributed by atoms with Crippen LogP contribution in [0.5, 0.6) is 5.75 Å². The number of nitrogens with one attached hydrogen (secondary N) is 1. The lowest BCUT2D eigenvalue weighted by Gasteiger charge is -2.25. The number of hydrogen-bond donors (Lipinski definition) is 1.